The molecule has 144 valence electrons. The van der Waals surface area contributed by atoms with Gasteiger partial charge in [0.05, 0.1) is 0 Å². The lowest BCUT2D eigenvalue weighted by molar-refractivity contribution is 0.0951. The van der Waals surface area contributed by atoms with Crippen LogP contribution in [0.15, 0.2) is 35.5 Å². The average molecular weight is 385 g/mol. The van der Waals surface area contributed by atoms with E-state index in [9.17, 15) is 4.79 Å². The molecule has 0 bridgehead atoms. The molecule has 1 aromatic heterocycles. The number of carbonyl (C=O) groups is 1. The highest BCUT2D eigenvalue weighted by molar-refractivity contribution is 7.98. The molecule has 1 aliphatic carbocycles. The second-order valence-corrected chi connectivity index (χ2v) is 8.16. The molecule has 1 heterocycles. The number of anilines is 1. The summed E-state index contributed by atoms with van der Waals surface area (Å²) in [5, 5.41) is 3.80. The molecule has 1 N–H and O–H groups in total. The molecule has 1 amide bonds. The molecule has 1 fully saturated rings. The van der Waals surface area contributed by atoms with E-state index < -0.39 is 0 Å². The first-order valence-electron chi connectivity index (χ1n) is 9.62. The molecule has 27 heavy (non-hydrogen) atoms. The molecule has 5 nitrogen and oxygen atoms in total. The zero-order chi connectivity index (χ0) is 19.2. The standard InChI is InChI=1S/C21H28N4OS/c1-4-10-25(3)19-11-15(2)23-21(24-19)27-14-17-6-5-7-18(12-17)20(26)22-13-16-8-9-16/h5-7,11-12,16H,4,8-10,13-14H2,1-3H3,(H,22,26). The van der Waals surface area contributed by atoms with Crippen LogP contribution in [0.25, 0.3) is 0 Å². The number of hydrogen-bond acceptors (Lipinski definition) is 5. The Hall–Kier alpha value is -2.08. The largest absolute Gasteiger partial charge is 0.360 e. The smallest absolute Gasteiger partial charge is 0.251 e. The Labute approximate surface area is 166 Å². The van der Waals surface area contributed by atoms with E-state index in [1.165, 1.54) is 12.8 Å². The molecule has 6 heteroatoms. The summed E-state index contributed by atoms with van der Waals surface area (Å²) in [6, 6.07) is 9.85. The molecule has 1 saturated carbocycles. The maximum atomic E-state index is 12.3. The van der Waals surface area contributed by atoms with Crippen molar-refractivity contribution in [3.8, 4) is 0 Å². The molecule has 0 unspecified atom stereocenters. The molecule has 0 aliphatic heterocycles. The van der Waals surface area contributed by atoms with E-state index in [-0.39, 0.29) is 5.91 Å². The molecule has 0 atom stereocenters. The van der Waals surface area contributed by atoms with Crippen LogP contribution >= 0.6 is 11.8 Å². The van der Waals surface area contributed by atoms with Gasteiger partial charge in [0.1, 0.15) is 5.82 Å². The molecular formula is C21H28N4OS. The minimum absolute atomic E-state index is 0.0176. The number of hydrogen-bond donors (Lipinski definition) is 1. The van der Waals surface area contributed by atoms with Gasteiger partial charge < -0.3 is 10.2 Å². The van der Waals surface area contributed by atoms with Crippen molar-refractivity contribution in [3.05, 3.63) is 47.2 Å². The summed E-state index contributed by atoms with van der Waals surface area (Å²) in [6.07, 6.45) is 3.56. The first-order chi connectivity index (χ1) is 13.0. The fourth-order valence-electron chi connectivity index (χ4n) is 2.85. The summed E-state index contributed by atoms with van der Waals surface area (Å²) < 4.78 is 0. The highest BCUT2D eigenvalue weighted by atomic mass is 32.2. The summed E-state index contributed by atoms with van der Waals surface area (Å²) in [6.45, 7) is 5.93. The van der Waals surface area contributed by atoms with Crippen LogP contribution < -0.4 is 10.2 Å². The highest BCUT2D eigenvalue weighted by Gasteiger charge is 2.21. The number of benzene rings is 1. The Morgan fingerprint density at radius 1 is 1.30 bits per heavy atom. The van der Waals surface area contributed by atoms with E-state index in [1.54, 1.807) is 11.8 Å². The number of aryl methyl sites for hydroxylation is 1. The number of carbonyl (C=O) groups excluding carboxylic acids is 1. The van der Waals surface area contributed by atoms with Gasteiger partial charge in [-0.3, -0.25) is 4.79 Å². The van der Waals surface area contributed by atoms with Gasteiger partial charge in [-0.25, -0.2) is 9.97 Å². The SMILES string of the molecule is CCCN(C)c1cc(C)nc(SCc2cccc(C(=O)NCC3CC3)c2)n1. The fraction of sp³-hybridized carbons (Fsp3) is 0.476. The van der Waals surface area contributed by atoms with Crippen LogP contribution in [0.1, 0.15) is 47.8 Å². The van der Waals surface area contributed by atoms with E-state index in [1.807, 2.05) is 37.3 Å². The van der Waals surface area contributed by atoms with Gasteiger partial charge in [0.2, 0.25) is 0 Å². The number of nitrogens with zero attached hydrogens (tertiary/aromatic N) is 3. The van der Waals surface area contributed by atoms with Crippen LogP contribution in [0, 0.1) is 12.8 Å². The molecular weight excluding hydrogens is 356 g/mol. The van der Waals surface area contributed by atoms with Crippen LogP contribution in [0.2, 0.25) is 0 Å². The van der Waals surface area contributed by atoms with Gasteiger partial charge in [-0.2, -0.15) is 0 Å². The molecule has 3 rings (SSSR count). The molecule has 0 radical (unpaired) electrons. The first-order valence-corrected chi connectivity index (χ1v) is 10.6. The summed E-state index contributed by atoms with van der Waals surface area (Å²) in [5.41, 5.74) is 2.80. The molecule has 1 aliphatic rings. The molecule has 1 aromatic carbocycles. The van der Waals surface area contributed by atoms with Crippen molar-refractivity contribution in [1.82, 2.24) is 15.3 Å². The lowest BCUT2D eigenvalue weighted by Crippen LogP contribution is -2.25. The van der Waals surface area contributed by atoms with Crippen molar-refractivity contribution in [2.75, 3.05) is 25.0 Å². The van der Waals surface area contributed by atoms with Crippen molar-refractivity contribution in [2.45, 2.75) is 44.0 Å². The Bertz CT molecular complexity index is 792. The Kier molecular flexibility index (Phi) is 6.72. The van der Waals surface area contributed by atoms with Gasteiger partial charge in [0.25, 0.3) is 5.91 Å². The van der Waals surface area contributed by atoms with Crippen molar-refractivity contribution in [3.63, 3.8) is 0 Å². The van der Waals surface area contributed by atoms with E-state index in [0.717, 1.165) is 53.1 Å². The van der Waals surface area contributed by atoms with Crippen molar-refractivity contribution < 1.29 is 4.79 Å². The van der Waals surface area contributed by atoms with Crippen molar-refractivity contribution in [2.24, 2.45) is 5.92 Å². The van der Waals surface area contributed by atoms with Crippen molar-refractivity contribution in [1.29, 1.82) is 0 Å². The second kappa shape index (κ2) is 9.22. The van der Waals surface area contributed by atoms with Crippen LogP contribution in [0.4, 0.5) is 5.82 Å². The quantitative estimate of drug-likeness (QED) is 0.522. The lowest BCUT2D eigenvalue weighted by atomic mass is 10.1. The third kappa shape index (κ3) is 5.96. The van der Waals surface area contributed by atoms with Gasteiger partial charge in [-0.15, -0.1) is 0 Å². The topological polar surface area (TPSA) is 58.1 Å². The molecule has 0 spiro atoms. The maximum absolute atomic E-state index is 12.3. The van der Waals surface area contributed by atoms with Gasteiger partial charge in [-0.1, -0.05) is 30.8 Å². The van der Waals surface area contributed by atoms with Gasteiger partial charge in [-0.05, 0) is 49.8 Å². The van der Waals surface area contributed by atoms with Crippen LogP contribution in [0.3, 0.4) is 0 Å². The number of nitrogens with one attached hydrogen (secondary N) is 1. The summed E-state index contributed by atoms with van der Waals surface area (Å²) in [5.74, 6) is 2.40. The summed E-state index contributed by atoms with van der Waals surface area (Å²) >= 11 is 1.61. The summed E-state index contributed by atoms with van der Waals surface area (Å²) in [4.78, 5) is 23.7. The van der Waals surface area contributed by atoms with Gasteiger partial charge in [0.15, 0.2) is 5.16 Å². The van der Waals surface area contributed by atoms with E-state index in [2.05, 4.69) is 34.2 Å². The van der Waals surface area contributed by atoms with Crippen LogP contribution in [-0.4, -0.2) is 36.0 Å². The second-order valence-electron chi connectivity index (χ2n) is 7.21. The normalized spacial score (nSPS) is 13.4. The van der Waals surface area contributed by atoms with Crippen LogP contribution in [0.5, 0.6) is 0 Å². The minimum Gasteiger partial charge on any atom is -0.360 e. The minimum atomic E-state index is 0.0176. The molecule has 0 saturated heterocycles. The monoisotopic (exact) mass is 384 g/mol. The van der Waals surface area contributed by atoms with Crippen LogP contribution in [-0.2, 0) is 5.75 Å². The predicted octanol–water partition coefficient (Wildman–Crippen LogP) is 4.06. The first kappa shape index (κ1) is 19.7. The predicted molar refractivity (Wildman–Crippen MR) is 111 cm³/mol. The molecule has 2 aromatic rings. The third-order valence-electron chi connectivity index (χ3n) is 4.58. The lowest BCUT2D eigenvalue weighted by Gasteiger charge is -2.18. The number of amides is 1. The van der Waals surface area contributed by atoms with E-state index in [0.29, 0.717) is 5.92 Å². The van der Waals surface area contributed by atoms with E-state index in [4.69, 9.17) is 0 Å². The zero-order valence-electron chi connectivity index (χ0n) is 16.4. The fourth-order valence-corrected chi connectivity index (χ4v) is 3.69. The Balaban J connectivity index is 1.62. The van der Waals surface area contributed by atoms with Gasteiger partial charge in [0, 0.05) is 43.2 Å². The highest BCUT2D eigenvalue weighted by Crippen LogP contribution is 2.27. The average Bonchev–Trinajstić information content (AvgIpc) is 3.49. The number of rotatable bonds is 9. The van der Waals surface area contributed by atoms with Gasteiger partial charge >= 0.3 is 0 Å². The van der Waals surface area contributed by atoms with E-state index >= 15 is 0 Å². The Morgan fingerprint density at radius 3 is 2.85 bits per heavy atom. The summed E-state index contributed by atoms with van der Waals surface area (Å²) in [7, 11) is 2.06. The number of aromatic nitrogens is 2. The number of thioether (sulfide) groups is 1. The Morgan fingerprint density at radius 2 is 2.11 bits per heavy atom. The zero-order valence-corrected chi connectivity index (χ0v) is 17.2. The van der Waals surface area contributed by atoms with Crippen molar-refractivity contribution >= 4 is 23.5 Å². The maximum Gasteiger partial charge on any atom is 0.251 e. The third-order valence-corrected chi connectivity index (χ3v) is 5.49.